The van der Waals surface area contributed by atoms with E-state index in [1.54, 1.807) is 0 Å². The van der Waals surface area contributed by atoms with Crippen LogP contribution in [-0.4, -0.2) is 51.7 Å². The summed E-state index contributed by atoms with van der Waals surface area (Å²) in [4.78, 5) is 43.1. The minimum Gasteiger partial charge on any atom is -0.480 e. The number of nitrogens with one attached hydrogen (secondary N) is 3. The molecule has 2 aromatic carbocycles. The van der Waals surface area contributed by atoms with Crippen LogP contribution in [0.3, 0.4) is 0 Å². The molecule has 9 nitrogen and oxygen atoms in total. The number of alkyl carbamates (subject to hydrolysis) is 1. The number of H-pyrrole nitrogens is 1. The first kappa shape index (κ1) is 22.6. The van der Waals surface area contributed by atoms with Crippen molar-refractivity contribution in [3.8, 4) is 11.1 Å². The standard InChI is InChI=1S/C26H26N4O5/c31-24(30-23(25(32)33)11-17-12-27-14-28-17)15-9-16(10-15)29-26(34)35-13-22-20-7-3-1-5-18(20)19-6-2-4-8-21(19)22/h1-8,12,14-16,22-23H,9-11,13H2,(H,27,28)(H,29,34)(H,30,31)(H,32,33). The van der Waals surface area contributed by atoms with Crippen molar-refractivity contribution in [1.82, 2.24) is 20.6 Å². The first-order valence-corrected chi connectivity index (χ1v) is 11.6. The number of nitrogens with zero attached hydrogens (tertiary/aromatic N) is 1. The number of imidazole rings is 1. The van der Waals surface area contributed by atoms with Gasteiger partial charge >= 0.3 is 12.1 Å². The average Bonchev–Trinajstić information content (AvgIpc) is 3.45. The van der Waals surface area contributed by atoms with Crippen LogP contribution < -0.4 is 10.6 Å². The van der Waals surface area contributed by atoms with Gasteiger partial charge in [0, 0.05) is 36.2 Å². The topological polar surface area (TPSA) is 133 Å². The van der Waals surface area contributed by atoms with Gasteiger partial charge < -0.3 is 25.5 Å². The number of benzene rings is 2. The maximum Gasteiger partial charge on any atom is 0.407 e. The maximum atomic E-state index is 12.5. The molecular weight excluding hydrogens is 448 g/mol. The molecule has 4 N–H and O–H groups in total. The maximum absolute atomic E-state index is 12.5. The Morgan fingerprint density at radius 2 is 1.71 bits per heavy atom. The van der Waals surface area contributed by atoms with Gasteiger partial charge in [-0.05, 0) is 35.1 Å². The number of carboxylic acids is 1. The Labute approximate surface area is 201 Å². The Bertz CT molecular complexity index is 1190. The molecule has 1 fully saturated rings. The highest BCUT2D eigenvalue weighted by Gasteiger charge is 2.37. The van der Waals surface area contributed by atoms with E-state index >= 15 is 0 Å². The van der Waals surface area contributed by atoms with E-state index in [1.807, 2.05) is 24.3 Å². The monoisotopic (exact) mass is 474 g/mol. The summed E-state index contributed by atoms with van der Waals surface area (Å²) in [6.07, 6.45) is 3.47. The third-order valence-electron chi connectivity index (χ3n) is 6.77. The summed E-state index contributed by atoms with van der Waals surface area (Å²) >= 11 is 0. The molecule has 0 aliphatic heterocycles. The Morgan fingerprint density at radius 1 is 1.06 bits per heavy atom. The van der Waals surface area contributed by atoms with Gasteiger partial charge in [-0.1, -0.05) is 48.5 Å². The van der Waals surface area contributed by atoms with Crippen molar-refractivity contribution >= 4 is 18.0 Å². The number of fused-ring (bicyclic) bond motifs is 3. The fourth-order valence-electron chi connectivity index (χ4n) is 4.86. The van der Waals surface area contributed by atoms with Crippen LogP contribution in [0.2, 0.25) is 0 Å². The van der Waals surface area contributed by atoms with Crippen molar-refractivity contribution in [2.24, 2.45) is 5.92 Å². The molecule has 9 heteroatoms. The molecule has 5 rings (SSSR count). The lowest BCUT2D eigenvalue weighted by Crippen LogP contribution is -2.52. The lowest BCUT2D eigenvalue weighted by atomic mass is 9.79. The molecule has 1 atom stereocenters. The van der Waals surface area contributed by atoms with Crippen LogP contribution in [-0.2, 0) is 20.7 Å². The van der Waals surface area contributed by atoms with E-state index in [2.05, 4.69) is 44.9 Å². The van der Waals surface area contributed by atoms with E-state index in [0.29, 0.717) is 18.5 Å². The second-order valence-corrected chi connectivity index (χ2v) is 9.02. The molecule has 2 aliphatic carbocycles. The van der Waals surface area contributed by atoms with Gasteiger partial charge in [0.25, 0.3) is 0 Å². The van der Waals surface area contributed by atoms with Gasteiger partial charge in [-0.25, -0.2) is 14.6 Å². The number of aromatic amines is 1. The summed E-state index contributed by atoms with van der Waals surface area (Å²) in [7, 11) is 0. The van der Waals surface area contributed by atoms with Crippen LogP contribution in [0.5, 0.6) is 0 Å². The molecule has 1 unspecified atom stereocenters. The predicted molar refractivity (Wildman–Crippen MR) is 127 cm³/mol. The fraction of sp³-hybridized carbons (Fsp3) is 0.308. The van der Waals surface area contributed by atoms with Gasteiger partial charge in [0.15, 0.2) is 0 Å². The quantitative estimate of drug-likeness (QED) is 0.397. The Hall–Kier alpha value is -4.14. The number of carbonyl (C=O) groups is 3. The third-order valence-corrected chi connectivity index (χ3v) is 6.77. The van der Waals surface area contributed by atoms with E-state index < -0.39 is 18.1 Å². The molecule has 3 aromatic rings. The number of hydrogen-bond donors (Lipinski definition) is 4. The normalized spacial score (nSPS) is 19.1. The minimum absolute atomic E-state index is 0.0177. The van der Waals surface area contributed by atoms with E-state index in [1.165, 1.54) is 12.5 Å². The highest BCUT2D eigenvalue weighted by atomic mass is 16.5. The molecule has 180 valence electrons. The van der Waals surface area contributed by atoms with E-state index in [4.69, 9.17) is 4.74 Å². The van der Waals surface area contributed by atoms with Gasteiger partial charge in [0.1, 0.15) is 12.6 Å². The number of amides is 2. The summed E-state index contributed by atoms with van der Waals surface area (Å²) in [6, 6.07) is 15.0. The number of carboxylic acid groups (broad SMARTS) is 1. The van der Waals surface area contributed by atoms with Gasteiger partial charge in [0.05, 0.1) is 6.33 Å². The van der Waals surface area contributed by atoms with Crippen molar-refractivity contribution in [2.75, 3.05) is 6.61 Å². The van der Waals surface area contributed by atoms with Gasteiger partial charge in [-0.3, -0.25) is 4.79 Å². The largest absolute Gasteiger partial charge is 0.480 e. The van der Waals surface area contributed by atoms with Crippen molar-refractivity contribution < 1.29 is 24.2 Å². The number of carbonyl (C=O) groups excluding carboxylic acids is 2. The molecule has 1 heterocycles. The Morgan fingerprint density at radius 3 is 2.31 bits per heavy atom. The lowest BCUT2D eigenvalue weighted by molar-refractivity contribution is -0.143. The van der Waals surface area contributed by atoms with Crippen LogP contribution >= 0.6 is 0 Å². The number of aliphatic carboxylic acids is 1. The van der Waals surface area contributed by atoms with E-state index in [0.717, 1.165) is 22.3 Å². The zero-order valence-corrected chi connectivity index (χ0v) is 18.9. The van der Waals surface area contributed by atoms with Crippen LogP contribution in [0.1, 0.15) is 35.6 Å². The van der Waals surface area contributed by atoms with Crippen LogP contribution in [0.15, 0.2) is 61.1 Å². The summed E-state index contributed by atoms with van der Waals surface area (Å²) in [5.41, 5.74) is 5.24. The molecule has 2 aliphatic rings. The second-order valence-electron chi connectivity index (χ2n) is 9.02. The number of rotatable bonds is 8. The molecule has 2 amide bonds. The van der Waals surface area contributed by atoms with Crippen LogP contribution in [0, 0.1) is 5.92 Å². The van der Waals surface area contributed by atoms with Gasteiger partial charge in [0.2, 0.25) is 5.91 Å². The van der Waals surface area contributed by atoms with Crippen molar-refractivity contribution in [3.63, 3.8) is 0 Å². The molecular formula is C26H26N4O5. The van der Waals surface area contributed by atoms with Crippen LogP contribution in [0.4, 0.5) is 4.79 Å². The summed E-state index contributed by atoms with van der Waals surface area (Å²) < 4.78 is 5.56. The smallest absolute Gasteiger partial charge is 0.407 e. The zero-order valence-electron chi connectivity index (χ0n) is 18.9. The highest BCUT2D eigenvalue weighted by Crippen LogP contribution is 2.44. The number of ether oxygens (including phenoxy) is 1. The summed E-state index contributed by atoms with van der Waals surface area (Å²) in [6.45, 7) is 0.227. The number of aromatic nitrogens is 2. The van der Waals surface area contributed by atoms with E-state index in [9.17, 15) is 19.5 Å². The second kappa shape index (κ2) is 9.61. The SMILES string of the molecule is O=C(NC1CC(C(=O)NC(Cc2cnc[nH]2)C(=O)O)C1)OCC1c2ccccc2-c2ccccc21. The molecule has 0 radical (unpaired) electrons. The molecule has 1 saturated carbocycles. The molecule has 0 saturated heterocycles. The van der Waals surface area contributed by atoms with Gasteiger partial charge in [-0.2, -0.15) is 0 Å². The first-order chi connectivity index (χ1) is 17.0. The lowest BCUT2D eigenvalue weighted by Gasteiger charge is -2.35. The Kier molecular flexibility index (Phi) is 6.22. The third kappa shape index (κ3) is 4.75. The highest BCUT2D eigenvalue weighted by molar-refractivity contribution is 5.86. The summed E-state index contributed by atoms with van der Waals surface area (Å²) in [5, 5.41) is 14.8. The first-order valence-electron chi connectivity index (χ1n) is 11.6. The van der Waals surface area contributed by atoms with Gasteiger partial charge in [-0.15, -0.1) is 0 Å². The molecule has 35 heavy (non-hydrogen) atoms. The Balaban J connectivity index is 1.09. The molecule has 0 bridgehead atoms. The molecule has 1 aromatic heterocycles. The molecule has 0 spiro atoms. The minimum atomic E-state index is -1.11. The summed E-state index contributed by atoms with van der Waals surface area (Å²) in [5.74, 6) is -1.81. The van der Waals surface area contributed by atoms with Crippen LogP contribution in [0.25, 0.3) is 11.1 Å². The number of hydrogen-bond acceptors (Lipinski definition) is 5. The zero-order chi connectivity index (χ0) is 24.4. The predicted octanol–water partition coefficient (Wildman–Crippen LogP) is 2.84. The van der Waals surface area contributed by atoms with Crippen molar-refractivity contribution in [3.05, 3.63) is 77.9 Å². The van der Waals surface area contributed by atoms with Crippen molar-refractivity contribution in [1.29, 1.82) is 0 Å². The average molecular weight is 475 g/mol. The van der Waals surface area contributed by atoms with Crippen molar-refractivity contribution in [2.45, 2.75) is 37.3 Å². The van der Waals surface area contributed by atoms with E-state index in [-0.39, 0.29) is 36.8 Å². The fourth-order valence-corrected chi connectivity index (χ4v) is 4.86.